The highest BCUT2D eigenvalue weighted by Crippen LogP contribution is 2.17. The van der Waals surface area contributed by atoms with E-state index < -0.39 is 0 Å². The summed E-state index contributed by atoms with van der Waals surface area (Å²) in [6.07, 6.45) is 1.80. The molecule has 0 fully saturated rings. The molecule has 0 radical (unpaired) electrons. The van der Waals surface area contributed by atoms with Crippen LogP contribution in [0.25, 0.3) is 0 Å². The first-order valence-electron chi connectivity index (χ1n) is 7.35. The zero-order chi connectivity index (χ0) is 15.2. The molecule has 1 aromatic heterocycles. The monoisotopic (exact) mass is 293 g/mol. The first-order valence-corrected chi connectivity index (χ1v) is 7.35. The van der Waals surface area contributed by atoms with Crippen molar-refractivity contribution in [3.63, 3.8) is 0 Å². The van der Waals surface area contributed by atoms with Gasteiger partial charge in [-0.2, -0.15) is 5.10 Å². The van der Waals surface area contributed by atoms with E-state index in [-0.39, 0.29) is 0 Å². The number of nitrogens with two attached hydrogens (primary N) is 1. The number of benzene rings is 2. The number of aryl methyl sites for hydroxylation is 2. The van der Waals surface area contributed by atoms with E-state index in [0.29, 0.717) is 12.4 Å². The fourth-order valence-electron chi connectivity index (χ4n) is 2.32. The van der Waals surface area contributed by atoms with Gasteiger partial charge in [-0.1, -0.05) is 42.5 Å². The highest BCUT2D eigenvalue weighted by Gasteiger charge is 2.01. The standard InChI is InChI=1S/C18H19N3O/c19-18-12-16(20-21-18)10-9-14-7-4-8-17(11-14)22-13-15-5-2-1-3-6-15/h1-8,11-12H,9-10,13H2,(H3,19,20,21). The normalized spacial score (nSPS) is 10.5. The van der Waals surface area contributed by atoms with Gasteiger partial charge in [0.15, 0.2) is 0 Å². The lowest BCUT2D eigenvalue weighted by Gasteiger charge is -2.08. The lowest BCUT2D eigenvalue weighted by molar-refractivity contribution is 0.306. The highest BCUT2D eigenvalue weighted by molar-refractivity contribution is 5.31. The predicted molar refractivity (Wildman–Crippen MR) is 87.6 cm³/mol. The first-order chi connectivity index (χ1) is 10.8. The predicted octanol–water partition coefficient (Wildman–Crippen LogP) is 3.36. The Balaban J connectivity index is 1.57. The van der Waals surface area contributed by atoms with Gasteiger partial charge in [-0.3, -0.25) is 5.10 Å². The Kier molecular flexibility index (Phi) is 4.39. The van der Waals surface area contributed by atoms with Gasteiger partial charge >= 0.3 is 0 Å². The third-order valence-corrected chi connectivity index (χ3v) is 3.48. The van der Waals surface area contributed by atoms with E-state index in [0.717, 1.165) is 24.3 Å². The number of anilines is 1. The lowest BCUT2D eigenvalue weighted by Crippen LogP contribution is -1.97. The van der Waals surface area contributed by atoms with Crippen LogP contribution < -0.4 is 10.5 Å². The van der Waals surface area contributed by atoms with Crippen LogP contribution in [0.3, 0.4) is 0 Å². The molecule has 3 rings (SSSR count). The molecule has 0 saturated heterocycles. The number of nitrogen functional groups attached to an aromatic ring is 1. The summed E-state index contributed by atoms with van der Waals surface area (Å²) < 4.78 is 5.85. The quantitative estimate of drug-likeness (QED) is 0.732. The van der Waals surface area contributed by atoms with Crippen LogP contribution in [0.5, 0.6) is 5.75 Å². The van der Waals surface area contributed by atoms with Crippen molar-refractivity contribution in [2.75, 3.05) is 5.73 Å². The Morgan fingerprint density at radius 3 is 2.50 bits per heavy atom. The Morgan fingerprint density at radius 2 is 1.73 bits per heavy atom. The molecule has 4 heteroatoms. The first kappa shape index (κ1) is 14.2. The lowest BCUT2D eigenvalue weighted by atomic mass is 10.1. The molecule has 0 bridgehead atoms. The van der Waals surface area contributed by atoms with Crippen LogP contribution >= 0.6 is 0 Å². The minimum absolute atomic E-state index is 0.537. The number of hydrogen-bond acceptors (Lipinski definition) is 3. The van der Waals surface area contributed by atoms with Crippen molar-refractivity contribution in [3.8, 4) is 5.75 Å². The van der Waals surface area contributed by atoms with Gasteiger partial charge in [0.05, 0.1) is 0 Å². The van der Waals surface area contributed by atoms with Crippen LogP contribution in [0.15, 0.2) is 60.7 Å². The number of rotatable bonds is 6. The maximum atomic E-state index is 5.85. The zero-order valence-corrected chi connectivity index (χ0v) is 12.3. The van der Waals surface area contributed by atoms with E-state index in [2.05, 4.69) is 34.5 Å². The van der Waals surface area contributed by atoms with Crippen LogP contribution in [0, 0.1) is 0 Å². The molecule has 0 atom stereocenters. The minimum atomic E-state index is 0.537. The molecule has 0 aliphatic heterocycles. The summed E-state index contributed by atoms with van der Waals surface area (Å²) in [5.41, 5.74) is 9.06. The van der Waals surface area contributed by atoms with Crippen LogP contribution in [0.2, 0.25) is 0 Å². The van der Waals surface area contributed by atoms with Crippen LogP contribution in [0.4, 0.5) is 5.82 Å². The fourth-order valence-corrected chi connectivity index (χ4v) is 2.32. The van der Waals surface area contributed by atoms with Gasteiger partial charge < -0.3 is 10.5 Å². The van der Waals surface area contributed by atoms with Crippen molar-refractivity contribution in [2.24, 2.45) is 0 Å². The summed E-state index contributed by atoms with van der Waals surface area (Å²) in [5.74, 6) is 1.43. The number of aromatic amines is 1. The Hall–Kier alpha value is -2.75. The van der Waals surface area contributed by atoms with E-state index in [4.69, 9.17) is 10.5 Å². The molecule has 4 nitrogen and oxygen atoms in total. The summed E-state index contributed by atoms with van der Waals surface area (Å²) in [7, 11) is 0. The average molecular weight is 293 g/mol. The second kappa shape index (κ2) is 6.80. The van der Waals surface area contributed by atoms with Crippen molar-refractivity contribution in [3.05, 3.63) is 77.5 Å². The highest BCUT2D eigenvalue weighted by atomic mass is 16.5. The molecule has 3 aromatic rings. The van der Waals surface area contributed by atoms with Crippen LogP contribution in [-0.4, -0.2) is 10.2 Å². The van der Waals surface area contributed by atoms with Crippen molar-refractivity contribution < 1.29 is 4.74 Å². The van der Waals surface area contributed by atoms with Gasteiger partial charge in [0.1, 0.15) is 18.2 Å². The summed E-state index contributed by atoms with van der Waals surface area (Å²) in [5, 5.41) is 6.87. The third kappa shape index (κ3) is 3.88. The summed E-state index contributed by atoms with van der Waals surface area (Å²) in [4.78, 5) is 0. The molecule has 0 amide bonds. The van der Waals surface area contributed by atoms with Crippen molar-refractivity contribution in [1.29, 1.82) is 0 Å². The zero-order valence-electron chi connectivity index (χ0n) is 12.3. The van der Waals surface area contributed by atoms with Crippen LogP contribution in [0.1, 0.15) is 16.8 Å². The van der Waals surface area contributed by atoms with Crippen molar-refractivity contribution >= 4 is 5.82 Å². The molecule has 2 aromatic carbocycles. The number of nitrogens with zero attached hydrogens (tertiary/aromatic N) is 1. The van der Waals surface area contributed by atoms with E-state index in [1.807, 2.05) is 36.4 Å². The Labute approximate surface area is 129 Å². The molecule has 0 saturated carbocycles. The summed E-state index contributed by atoms with van der Waals surface area (Å²) >= 11 is 0. The molecule has 22 heavy (non-hydrogen) atoms. The van der Waals surface area contributed by atoms with Gasteiger partial charge in [0, 0.05) is 11.8 Å². The fraction of sp³-hybridized carbons (Fsp3) is 0.167. The third-order valence-electron chi connectivity index (χ3n) is 3.48. The molecule has 0 aliphatic rings. The number of H-pyrrole nitrogens is 1. The van der Waals surface area contributed by atoms with E-state index in [9.17, 15) is 0 Å². The van der Waals surface area contributed by atoms with Gasteiger partial charge in [0.2, 0.25) is 0 Å². The van der Waals surface area contributed by atoms with Crippen LogP contribution in [-0.2, 0) is 19.4 Å². The topological polar surface area (TPSA) is 63.9 Å². The molecule has 0 unspecified atom stereocenters. The largest absolute Gasteiger partial charge is 0.489 e. The summed E-state index contributed by atoms with van der Waals surface area (Å²) in [6.45, 7) is 0.585. The molecular weight excluding hydrogens is 274 g/mol. The molecular formula is C18H19N3O. The average Bonchev–Trinajstić information content (AvgIpc) is 2.98. The van der Waals surface area contributed by atoms with E-state index in [1.54, 1.807) is 0 Å². The number of ether oxygens (including phenoxy) is 1. The van der Waals surface area contributed by atoms with Gasteiger partial charge in [-0.25, -0.2) is 0 Å². The SMILES string of the molecule is Nc1cc(CCc2cccc(OCc3ccccc3)c2)[nH]n1. The van der Waals surface area contributed by atoms with Gasteiger partial charge in [-0.15, -0.1) is 0 Å². The van der Waals surface area contributed by atoms with Gasteiger partial charge in [0.25, 0.3) is 0 Å². The molecule has 3 N–H and O–H groups in total. The number of aromatic nitrogens is 2. The molecule has 0 spiro atoms. The Bertz CT molecular complexity index is 722. The second-order valence-corrected chi connectivity index (χ2v) is 5.24. The maximum absolute atomic E-state index is 5.85. The van der Waals surface area contributed by atoms with Gasteiger partial charge in [-0.05, 0) is 36.1 Å². The molecule has 1 heterocycles. The maximum Gasteiger partial charge on any atom is 0.145 e. The number of nitrogens with one attached hydrogen (secondary N) is 1. The minimum Gasteiger partial charge on any atom is -0.489 e. The Morgan fingerprint density at radius 1 is 0.909 bits per heavy atom. The van der Waals surface area contributed by atoms with E-state index >= 15 is 0 Å². The molecule has 0 aliphatic carbocycles. The van der Waals surface area contributed by atoms with Crippen molar-refractivity contribution in [1.82, 2.24) is 10.2 Å². The van der Waals surface area contributed by atoms with E-state index in [1.165, 1.54) is 11.1 Å². The number of hydrogen-bond donors (Lipinski definition) is 2. The molecule has 112 valence electrons. The smallest absolute Gasteiger partial charge is 0.145 e. The van der Waals surface area contributed by atoms with Crippen molar-refractivity contribution in [2.45, 2.75) is 19.4 Å². The second-order valence-electron chi connectivity index (χ2n) is 5.24. The summed E-state index contributed by atoms with van der Waals surface area (Å²) in [6, 6.07) is 20.2.